The summed E-state index contributed by atoms with van der Waals surface area (Å²) in [5.74, 6) is -1.02. The number of aliphatic carboxylic acids is 1. The third kappa shape index (κ3) is 7.42. The molecule has 1 atom stereocenters. The van der Waals surface area contributed by atoms with Crippen molar-refractivity contribution in [1.29, 1.82) is 0 Å². The molecule has 1 aromatic heterocycles. The predicted octanol–water partition coefficient (Wildman–Crippen LogP) is 2.36. The number of carboxylic acids is 1. The SMILES string of the molecule is C[N+](C)(C)CC(CC(=O)O)NS(=O)(=O)c1ccc(CCc2ccccc2)s1. The number of aryl methyl sites for hydroxylation is 2. The number of rotatable bonds is 10. The molecule has 1 heterocycles. The molecule has 8 heteroatoms. The summed E-state index contributed by atoms with van der Waals surface area (Å²) in [5, 5.41) is 9.09. The Kier molecular flexibility index (Phi) is 7.16. The molecule has 2 rings (SSSR count). The summed E-state index contributed by atoms with van der Waals surface area (Å²) in [6, 6.07) is 12.8. The van der Waals surface area contributed by atoms with Crippen molar-refractivity contribution in [3.63, 3.8) is 0 Å². The molecular formula is C19H27N2O4S2+. The van der Waals surface area contributed by atoms with Gasteiger partial charge in [0.1, 0.15) is 4.21 Å². The van der Waals surface area contributed by atoms with Crippen LogP contribution >= 0.6 is 11.3 Å². The van der Waals surface area contributed by atoms with Crippen molar-refractivity contribution in [2.75, 3.05) is 27.7 Å². The maximum atomic E-state index is 12.7. The smallest absolute Gasteiger partial charge is 0.305 e. The fourth-order valence-corrected chi connectivity index (χ4v) is 5.44. The Bertz CT molecular complexity index is 855. The zero-order valence-electron chi connectivity index (χ0n) is 15.9. The predicted molar refractivity (Wildman–Crippen MR) is 107 cm³/mol. The molecule has 0 aliphatic rings. The summed E-state index contributed by atoms with van der Waals surface area (Å²) < 4.78 is 28.7. The van der Waals surface area contributed by atoms with Gasteiger partial charge in [-0.3, -0.25) is 4.79 Å². The van der Waals surface area contributed by atoms with E-state index in [1.165, 1.54) is 16.9 Å². The van der Waals surface area contributed by atoms with Crippen molar-refractivity contribution < 1.29 is 22.8 Å². The van der Waals surface area contributed by atoms with Crippen LogP contribution < -0.4 is 4.72 Å². The molecule has 0 bridgehead atoms. The van der Waals surface area contributed by atoms with Gasteiger partial charge in [-0.1, -0.05) is 30.3 Å². The zero-order chi connectivity index (χ0) is 20.1. The summed E-state index contributed by atoms with van der Waals surface area (Å²) in [5.41, 5.74) is 1.21. The normalized spacial score (nSPS) is 13.4. The Labute approximate surface area is 165 Å². The summed E-state index contributed by atoms with van der Waals surface area (Å²) in [6.45, 7) is 0.387. The molecule has 6 nitrogen and oxygen atoms in total. The van der Waals surface area contributed by atoms with Crippen molar-refractivity contribution in [1.82, 2.24) is 4.72 Å². The number of sulfonamides is 1. The van der Waals surface area contributed by atoms with E-state index in [4.69, 9.17) is 5.11 Å². The third-order valence-electron chi connectivity index (χ3n) is 3.92. The molecule has 27 heavy (non-hydrogen) atoms. The van der Waals surface area contributed by atoms with Crippen molar-refractivity contribution in [2.24, 2.45) is 0 Å². The molecule has 0 aliphatic heterocycles. The van der Waals surface area contributed by atoms with Crippen molar-refractivity contribution in [3.05, 3.63) is 52.9 Å². The van der Waals surface area contributed by atoms with Crippen LogP contribution in [-0.2, 0) is 27.7 Å². The molecule has 0 saturated heterocycles. The highest BCUT2D eigenvalue weighted by Crippen LogP contribution is 2.23. The van der Waals surface area contributed by atoms with E-state index in [0.29, 0.717) is 11.0 Å². The van der Waals surface area contributed by atoms with Gasteiger partial charge in [0.15, 0.2) is 0 Å². The molecule has 0 spiro atoms. The highest BCUT2D eigenvalue weighted by molar-refractivity contribution is 7.91. The van der Waals surface area contributed by atoms with E-state index in [1.807, 2.05) is 57.5 Å². The number of thiophene rings is 1. The van der Waals surface area contributed by atoms with Crippen LogP contribution in [0.2, 0.25) is 0 Å². The Hall–Kier alpha value is -1.74. The van der Waals surface area contributed by atoms with E-state index in [0.717, 1.165) is 17.7 Å². The van der Waals surface area contributed by atoms with Crippen LogP contribution in [0.25, 0.3) is 0 Å². The summed E-state index contributed by atoms with van der Waals surface area (Å²) in [7, 11) is 1.95. The molecule has 0 aliphatic carbocycles. The molecule has 2 N–H and O–H groups in total. The van der Waals surface area contributed by atoms with Gasteiger partial charge in [-0.25, -0.2) is 13.1 Å². The molecular weight excluding hydrogens is 384 g/mol. The topological polar surface area (TPSA) is 83.5 Å². The minimum absolute atomic E-state index is 0.224. The average molecular weight is 412 g/mol. The van der Waals surface area contributed by atoms with E-state index >= 15 is 0 Å². The number of likely N-dealkylation sites (N-methyl/N-ethyl adjacent to an activating group) is 1. The second kappa shape index (κ2) is 8.97. The first-order valence-electron chi connectivity index (χ1n) is 8.72. The number of quaternary nitrogens is 1. The van der Waals surface area contributed by atoms with E-state index in [1.54, 1.807) is 6.07 Å². The van der Waals surface area contributed by atoms with Gasteiger partial charge in [0.05, 0.1) is 40.2 Å². The standard InChI is InChI=1S/C19H26N2O4S2/c1-21(2,3)14-16(13-18(22)23)20-27(24,25)19-12-11-17(26-19)10-9-15-7-5-4-6-8-15/h4-8,11-12,16,20H,9-10,13-14H2,1-3H3/p+1. The summed E-state index contributed by atoms with van der Waals surface area (Å²) >= 11 is 1.23. The first kappa shape index (κ1) is 21.6. The maximum absolute atomic E-state index is 12.7. The molecule has 0 amide bonds. The van der Waals surface area contributed by atoms with Gasteiger partial charge in [-0.05, 0) is 30.5 Å². The Morgan fingerprint density at radius 3 is 2.37 bits per heavy atom. The lowest BCUT2D eigenvalue weighted by Crippen LogP contribution is -2.49. The summed E-state index contributed by atoms with van der Waals surface area (Å²) in [4.78, 5) is 12.1. The monoisotopic (exact) mass is 411 g/mol. The van der Waals surface area contributed by atoms with Crippen molar-refractivity contribution in [3.8, 4) is 0 Å². The van der Waals surface area contributed by atoms with E-state index in [-0.39, 0.29) is 10.6 Å². The van der Waals surface area contributed by atoms with Crippen molar-refractivity contribution >= 4 is 27.3 Å². The van der Waals surface area contributed by atoms with Gasteiger partial charge in [-0.2, -0.15) is 0 Å². The van der Waals surface area contributed by atoms with Crippen molar-refractivity contribution in [2.45, 2.75) is 29.5 Å². The largest absolute Gasteiger partial charge is 0.481 e. The van der Waals surface area contributed by atoms with E-state index in [2.05, 4.69) is 4.72 Å². The molecule has 0 radical (unpaired) electrons. The molecule has 0 fully saturated rings. The molecule has 0 saturated carbocycles. The highest BCUT2D eigenvalue weighted by Gasteiger charge is 2.27. The number of carbonyl (C=O) groups is 1. The molecule has 2 aromatic rings. The van der Waals surface area contributed by atoms with Gasteiger partial charge >= 0.3 is 5.97 Å². The number of hydrogen-bond donors (Lipinski definition) is 2. The molecule has 148 valence electrons. The molecule has 1 unspecified atom stereocenters. The van der Waals surface area contributed by atoms with Crippen LogP contribution in [0.4, 0.5) is 0 Å². The lowest BCUT2D eigenvalue weighted by molar-refractivity contribution is -0.871. The quantitative estimate of drug-likeness (QED) is 0.588. The Morgan fingerprint density at radius 2 is 1.78 bits per heavy atom. The maximum Gasteiger partial charge on any atom is 0.305 e. The highest BCUT2D eigenvalue weighted by atomic mass is 32.2. The first-order valence-corrected chi connectivity index (χ1v) is 11.0. The second-order valence-electron chi connectivity index (χ2n) is 7.60. The lowest BCUT2D eigenvalue weighted by Gasteiger charge is -2.28. The zero-order valence-corrected chi connectivity index (χ0v) is 17.5. The summed E-state index contributed by atoms with van der Waals surface area (Å²) in [6.07, 6.45) is 1.36. The molecule has 1 aromatic carbocycles. The Morgan fingerprint density at radius 1 is 1.11 bits per heavy atom. The minimum Gasteiger partial charge on any atom is -0.481 e. The number of nitrogens with one attached hydrogen (secondary N) is 1. The number of carboxylic acid groups (broad SMARTS) is 1. The van der Waals surface area contributed by atoms with Gasteiger partial charge in [0.2, 0.25) is 0 Å². The van der Waals surface area contributed by atoms with E-state index < -0.39 is 22.0 Å². The Balaban J connectivity index is 2.06. The van der Waals surface area contributed by atoms with Crippen LogP contribution in [0.3, 0.4) is 0 Å². The van der Waals surface area contributed by atoms with Crippen LogP contribution in [0, 0.1) is 0 Å². The van der Waals surface area contributed by atoms with Gasteiger partial charge in [-0.15, -0.1) is 11.3 Å². The average Bonchev–Trinajstić information content (AvgIpc) is 3.01. The first-order chi connectivity index (χ1) is 12.5. The van der Waals surface area contributed by atoms with Crippen LogP contribution in [0.15, 0.2) is 46.7 Å². The van der Waals surface area contributed by atoms with E-state index in [9.17, 15) is 13.2 Å². The van der Waals surface area contributed by atoms with Crippen LogP contribution in [0.5, 0.6) is 0 Å². The minimum atomic E-state index is -3.74. The second-order valence-corrected chi connectivity index (χ2v) is 10.7. The number of benzene rings is 1. The van der Waals surface area contributed by atoms with Gasteiger partial charge in [0.25, 0.3) is 10.0 Å². The number of nitrogens with zero attached hydrogens (tertiary/aromatic N) is 1. The lowest BCUT2D eigenvalue weighted by atomic mass is 10.1. The van der Waals surface area contributed by atoms with Crippen LogP contribution in [0.1, 0.15) is 16.9 Å². The van der Waals surface area contributed by atoms with Crippen LogP contribution in [-0.4, -0.2) is 57.7 Å². The van der Waals surface area contributed by atoms with Gasteiger partial charge in [0, 0.05) is 4.88 Å². The fourth-order valence-electron chi connectivity index (χ4n) is 2.84. The number of hydrogen-bond acceptors (Lipinski definition) is 4. The fraction of sp³-hybridized carbons (Fsp3) is 0.421. The third-order valence-corrected chi connectivity index (χ3v) is 7.07. The van der Waals surface area contributed by atoms with Gasteiger partial charge < -0.3 is 9.59 Å².